The number of hydrogen-bond acceptors (Lipinski definition) is 2. The van der Waals surface area contributed by atoms with Crippen LogP contribution in [0.25, 0.3) is 0 Å². The highest BCUT2D eigenvalue weighted by molar-refractivity contribution is 6.69. The second-order valence-electron chi connectivity index (χ2n) is 11.0. The zero-order chi connectivity index (χ0) is 25.6. The van der Waals surface area contributed by atoms with Crippen LogP contribution >= 0.6 is 0 Å². The third kappa shape index (κ3) is 5.76. The lowest BCUT2D eigenvalue weighted by atomic mass is 9.79. The van der Waals surface area contributed by atoms with Crippen molar-refractivity contribution < 1.29 is 13.8 Å². The first-order valence-corrected chi connectivity index (χ1v) is 16.7. The number of carbonyl (C=O) groups excluding carboxylic acids is 1. The van der Waals surface area contributed by atoms with Gasteiger partial charge in [0.2, 0.25) is 0 Å². The summed E-state index contributed by atoms with van der Waals surface area (Å²) in [6.45, 7) is 10.1. The molecule has 0 aromatic heterocycles. The Morgan fingerprint density at radius 2 is 1.44 bits per heavy atom. The molecule has 1 heterocycles. The summed E-state index contributed by atoms with van der Waals surface area (Å²) in [7, 11) is -1.97. The van der Waals surface area contributed by atoms with E-state index in [0.29, 0.717) is 6.42 Å². The van der Waals surface area contributed by atoms with Crippen LogP contribution in [0.15, 0.2) is 91.0 Å². The molecule has 1 saturated heterocycles. The van der Waals surface area contributed by atoms with Crippen molar-refractivity contribution in [2.24, 2.45) is 5.92 Å². The van der Waals surface area contributed by atoms with Gasteiger partial charge in [-0.1, -0.05) is 97.9 Å². The van der Waals surface area contributed by atoms with Gasteiger partial charge in [-0.2, -0.15) is 0 Å². The highest BCUT2D eigenvalue weighted by Gasteiger charge is 2.53. The van der Waals surface area contributed by atoms with Gasteiger partial charge in [0.1, 0.15) is 19.0 Å². The van der Waals surface area contributed by atoms with E-state index in [9.17, 15) is 4.79 Å². The molecular formula is C32H40NO2Si+. The fourth-order valence-corrected chi connectivity index (χ4v) is 7.20. The van der Waals surface area contributed by atoms with Crippen molar-refractivity contribution in [2.45, 2.75) is 63.4 Å². The van der Waals surface area contributed by atoms with Gasteiger partial charge in [0.15, 0.2) is 20.0 Å². The monoisotopic (exact) mass is 498 g/mol. The van der Waals surface area contributed by atoms with Gasteiger partial charge in [-0.25, -0.2) is 4.58 Å². The molecule has 0 aliphatic carbocycles. The summed E-state index contributed by atoms with van der Waals surface area (Å²) in [5.41, 5.74) is 3.08. The number of aldehydes is 1. The van der Waals surface area contributed by atoms with Crippen LogP contribution in [0.1, 0.15) is 48.8 Å². The van der Waals surface area contributed by atoms with Crippen molar-refractivity contribution in [1.29, 1.82) is 0 Å². The van der Waals surface area contributed by atoms with E-state index in [2.05, 4.69) is 122 Å². The van der Waals surface area contributed by atoms with Crippen LogP contribution in [0, 0.1) is 5.92 Å². The molecule has 1 aliphatic heterocycles. The van der Waals surface area contributed by atoms with Crippen LogP contribution in [0.3, 0.4) is 0 Å². The van der Waals surface area contributed by atoms with E-state index >= 15 is 0 Å². The summed E-state index contributed by atoms with van der Waals surface area (Å²) >= 11 is 0. The third-order valence-electron chi connectivity index (χ3n) is 7.28. The first kappa shape index (κ1) is 26.2. The highest BCUT2D eigenvalue weighted by atomic mass is 28.4. The van der Waals surface area contributed by atoms with E-state index in [4.69, 9.17) is 4.43 Å². The Morgan fingerprint density at radius 3 is 1.94 bits per heavy atom. The van der Waals surface area contributed by atoms with Gasteiger partial charge in [-0.3, -0.25) is 0 Å². The Bertz CT molecular complexity index is 1100. The van der Waals surface area contributed by atoms with Crippen LogP contribution < -0.4 is 0 Å². The van der Waals surface area contributed by atoms with Gasteiger partial charge in [0, 0.05) is 31.1 Å². The summed E-state index contributed by atoms with van der Waals surface area (Å²) in [6.07, 6.45) is 6.16. The first-order chi connectivity index (χ1) is 17.3. The van der Waals surface area contributed by atoms with Crippen LogP contribution in [0.5, 0.6) is 0 Å². The minimum absolute atomic E-state index is 0.158. The molecule has 0 radical (unpaired) electrons. The Balaban J connectivity index is 1.84. The van der Waals surface area contributed by atoms with E-state index in [1.165, 1.54) is 16.7 Å². The molecule has 3 aromatic rings. The van der Waals surface area contributed by atoms with Crippen molar-refractivity contribution in [2.75, 3.05) is 6.54 Å². The molecule has 0 spiro atoms. The topological polar surface area (TPSA) is 29.3 Å². The maximum atomic E-state index is 11.6. The molecular weight excluding hydrogens is 458 g/mol. The van der Waals surface area contributed by atoms with Crippen LogP contribution in [-0.2, 0) is 14.8 Å². The lowest BCUT2D eigenvalue weighted by molar-refractivity contribution is -0.560. The number of carbonyl (C=O) groups is 1. The summed E-state index contributed by atoms with van der Waals surface area (Å²) in [5.74, 6) is 0.375. The SMILES string of the molecule is CC(C=[N+]1CCCC1C(O[Si](C)(C)C)(c1ccccc1)c1ccccc1)C(CC=O)c1ccccc1. The second kappa shape index (κ2) is 11.5. The van der Waals surface area contributed by atoms with Crippen molar-refractivity contribution in [3.05, 3.63) is 108 Å². The molecule has 188 valence electrons. The lowest BCUT2D eigenvalue weighted by Crippen LogP contribution is -2.52. The molecule has 0 bridgehead atoms. The zero-order valence-electron chi connectivity index (χ0n) is 22.1. The van der Waals surface area contributed by atoms with Crippen molar-refractivity contribution in [3.63, 3.8) is 0 Å². The number of benzene rings is 3. The van der Waals surface area contributed by atoms with Crippen molar-refractivity contribution >= 4 is 20.8 Å². The Morgan fingerprint density at radius 1 is 0.917 bits per heavy atom. The Kier molecular flexibility index (Phi) is 8.38. The van der Waals surface area contributed by atoms with E-state index in [0.717, 1.165) is 25.7 Å². The maximum Gasteiger partial charge on any atom is 0.188 e. The molecule has 4 heteroatoms. The van der Waals surface area contributed by atoms with E-state index in [1.807, 2.05) is 6.07 Å². The molecule has 3 unspecified atom stereocenters. The van der Waals surface area contributed by atoms with Crippen LogP contribution in [-0.4, -0.2) is 38.0 Å². The fourth-order valence-electron chi connectivity index (χ4n) is 5.86. The minimum atomic E-state index is -1.97. The quantitative estimate of drug-likeness (QED) is 0.170. The number of rotatable bonds is 10. The molecule has 0 amide bonds. The fraction of sp³-hybridized carbons (Fsp3) is 0.375. The van der Waals surface area contributed by atoms with Gasteiger partial charge in [0.25, 0.3) is 0 Å². The second-order valence-corrected chi connectivity index (χ2v) is 15.4. The van der Waals surface area contributed by atoms with Gasteiger partial charge in [-0.15, -0.1) is 0 Å². The zero-order valence-corrected chi connectivity index (χ0v) is 23.1. The summed E-state index contributed by atoms with van der Waals surface area (Å²) in [4.78, 5) is 11.6. The number of hydrogen-bond donors (Lipinski definition) is 0. The smallest absolute Gasteiger partial charge is 0.188 e. The molecule has 4 rings (SSSR count). The molecule has 3 aromatic carbocycles. The largest absolute Gasteiger partial charge is 0.399 e. The lowest BCUT2D eigenvalue weighted by Gasteiger charge is -2.42. The normalized spacial score (nSPS) is 19.2. The van der Waals surface area contributed by atoms with Gasteiger partial charge < -0.3 is 9.22 Å². The predicted octanol–water partition coefficient (Wildman–Crippen LogP) is 7.04. The van der Waals surface area contributed by atoms with Crippen LogP contribution in [0.4, 0.5) is 0 Å². The summed E-state index contributed by atoms with van der Waals surface area (Å²) in [6, 6.07) is 32.2. The summed E-state index contributed by atoms with van der Waals surface area (Å²) in [5, 5.41) is 0. The molecule has 36 heavy (non-hydrogen) atoms. The average molecular weight is 499 g/mol. The Labute approximate surface area is 218 Å². The van der Waals surface area contributed by atoms with E-state index in [-0.39, 0.29) is 17.9 Å². The molecule has 3 atom stereocenters. The maximum absolute atomic E-state index is 11.6. The molecule has 0 saturated carbocycles. The number of nitrogens with zero attached hydrogens (tertiary/aromatic N) is 1. The van der Waals surface area contributed by atoms with Gasteiger partial charge >= 0.3 is 0 Å². The van der Waals surface area contributed by atoms with Gasteiger partial charge in [0.05, 0.1) is 0 Å². The predicted molar refractivity (Wildman–Crippen MR) is 151 cm³/mol. The average Bonchev–Trinajstić information content (AvgIpc) is 3.35. The van der Waals surface area contributed by atoms with Crippen LogP contribution in [0.2, 0.25) is 19.6 Å². The molecule has 0 N–H and O–H groups in total. The van der Waals surface area contributed by atoms with E-state index in [1.54, 1.807) is 0 Å². The molecule has 1 aliphatic rings. The minimum Gasteiger partial charge on any atom is -0.399 e. The highest BCUT2D eigenvalue weighted by Crippen LogP contribution is 2.44. The van der Waals surface area contributed by atoms with E-state index < -0.39 is 13.9 Å². The molecule has 1 fully saturated rings. The van der Waals surface area contributed by atoms with Gasteiger partial charge in [-0.05, 0) is 36.3 Å². The van der Waals surface area contributed by atoms with Crippen molar-refractivity contribution in [3.8, 4) is 0 Å². The Hall–Kier alpha value is -2.82. The van der Waals surface area contributed by atoms with Crippen molar-refractivity contribution in [1.82, 2.24) is 0 Å². The molecule has 3 nitrogen and oxygen atoms in total. The standard InChI is InChI=1S/C32H40NO2Si/c1-26(30(22-24-34)27-15-8-5-9-16-27)25-33-23-14-21-31(33)32(35-36(2,3)4,28-17-10-6-11-18-28)29-19-12-7-13-20-29/h5-13,15-20,24-26,30-31H,14,21-23H2,1-4H3/q+1. The first-order valence-electron chi connectivity index (χ1n) is 13.3. The third-order valence-corrected chi connectivity index (χ3v) is 8.21. The summed E-state index contributed by atoms with van der Waals surface area (Å²) < 4.78 is 9.84.